The molecule has 0 unspecified atom stereocenters. The molecule has 1 N–H and O–H groups in total. The number of likely N-dealkylation sites (tertiary alicyclic amines) is 1. The fraction of sp³-hybridized carbons (Fsp3) is 0.233. The highest BCUT2D eigenvalue weighted by Crippen LogP contribution is 2.43. The number of rotatable bonds is 8. The number of carbonyl (C=O) groups excluding carboxylic acids is 3. The van der Waals surface area contributed by atoms with Crippen molar-refractivity contribution in [3.8, 4) is 0 Å². The van der Waals surface area contributed by atoms with Crippen LogP contribution in [0.4, 0.5) is 10.1 Å². The van der Waals surface area contributed by atoms with Crippen molar-refractivity contribution in [3.63, 3.8) is 0 Å². The van der Waals surface area contributed by atoms with Crippen LogP contribution in [0.2, 0.25) is 0 Å². The highest BCUT2D eigenvalue weighted by molar-refractivity contribution is 8.04. The molecule has 1 saturated heterocycles. The number of benzene rings is 3. The average molecular weight is 530 g/mol. The first kappa shape index (κ1) is 25.7. The molecule has 38 heavy (non-hydrogen) atoms. The Labute approximate surface area is 225 Å². The standard InChI is InChI=1S/C30H28FN3O3S/c31-24-12-9-22(10-13-24)20-34-25-19-23(29(36)32-15-5-17-33-16-4-8-28(33)35)11-14-26(25)38-27(30(34)37)18-21-6-2-1-3-7-21/h1-3,6-7,9-14,18-19H,4-5,8,15-17,20H2,(H,32,36)/b27-18-. The first-order valence-corrected chi connectivity index (χ1v) is 13.5. The molecular weight excluding hydrogens is 501 g/mol. The van der Waals surface area contributed by atoms with Gasteiger partial charge in [0.25, 0.3) is 11.8 Å². The molecule has 5 rings (SSSR count). The third kappa shape index (κ3) is 5.97. The number of anilines is 1. The maximum atomic E-state index is 13.6. The van der Waals surface area contributed by atoms with E-state index in [-0.39, 0.29) is 30.1 Å². The van der Waals surface area contributed by atoms with Gasteiger partial charge in [0.2, 0.25) is 5.91 Å². The number of carbonyl (C=O) groups is 3. The van der Waals surface area contributed by atoms with Gasteiger partial charge in [0.1, 0.15) is 5.82 Å². The summed E-state index contributed by atoms with van der Waals surface area (Å²) >= 11 is 1.37. The van der Waals surface area contributed by atoms with E-state index in [2.05, 4.69) is 5.32 Å². The summed E-state index contributed by atoms with van der Waals surface area (Å²) in [6, 6.07) is 21.1. The minimum Gasteiger partial charge on any atom is -0.352 e. The second-order valence-electron chi connectivity index (χ2n) is 9.32. The number of halogens is 1. The molecule has 6 nitrogen and oxygen atoms in total. The van der Waals surface area contributed by atoms with Crippen LogP contribution in [-0.2, 0) is 16.1 Å². The number of nitrogens with one attached hydrogen (secondary N) is 1. The Hall–Kier alpha value is -3.91. The predicted octanol–water partition coefficient (Wildman–Crippen LogP) is 5.25. The molecule has 0 radical (unpaired) electrons. The zero-order valence-electron chi connectivity index (χ0n) is 20.9. The van der Waals surface area contributed by atoms with Gasteiger partial charge >= 0.3 is 0 Å². The summed E-state index contributed by atoms with van der Waals surface area (Å²) in [5.41, 5.74) is 2.79. The normalized spacial score (nSPS) is 16.2. The molecule has 1 fully saturated rings. The van der Waals surface area contributed by atoms with Crippen LogP contribution in [0.25, 0.3) is 6.08 Å². The topological polar surface area (TPSA) is 69.7 Å². The van der Waals surface area contributed by atoms with Crippen LogP contribution in [0, 0.1) is 5.82 Å². The quantitative estimate of drug-likeness (QED) is 0.320. The van der Waals surface area contributed by atoms with Crippen LogP contribution in [-0.4, -0.2) is 42.3 Å². The number of hydrogen-bond donors (Lipinski definition) is 1. The van der Waals surface area contributed by atoms with Crippen LogP contribution >= 0.6 is 11.8 Å². The highest BCUT2D eigenvalue weighted by Gasteiger charge is 2.30. The van der Waals surface area contributed by atoms with E-state index >= 15 is 0 Å². The van der Waals surface area contributed by atoms with Gasteiger partial charge in [-0.05, 0) is 60.4 Å². The molecule has 0 aromatic heterocycles. The molecular formula is C30H28FN3O3S. The summed E-state index contributed by atoms with van der Waals surface area (Å²) in [5.74, 6) is -0.573. The van der Waals surface area contributed by atoms with Crippen LogP contribution in [0.5, 0.6) is 0 Å². The van der Waals surface area contributed by atoms with Crippen LogP contribution in [0.15, 0.2) is 82.6 Å². The number of nitrogens with zero attached hydrogens (tertiary/aromatic N) is 2. The molecule has 194 valence electrons. The van der Waals surface area contributed by atoms with Crippen LogP contribution in [0.3, 0.4) is 0 Å². The number of fused-ring (bicyclic) bond motifs is 1. The maximum Gasteiger partial charge on any atom is 0.265 e. The van der Waals surface area contributed by atoms with Crippen molar-refractivity contribution < 1.29 is 18.8 Å². The van der Waals surface area contributed by atoms with Gasteiger partial charge < -0.3 is 15.1 Å². The molecule has 0 bridgehead atoms. The number of hydrogen-bond acceptors (Lipinski definition) is 4. The van der Waals surface area contributed by atoms with E-state index in [9.17, 15) is 18.8 Å². The monoisotopic (exact) mass is 529 g/mol. The first-order valence-electron chi connectivity index (χ1n) is 12.7. The van der Waals surface area contributed by atoms with Gasteiger partial charge in [-0.2, -0.15) is 0 Å². The zero-order chi connectivity index (χ0) is 26.5. The van der Waals surface area contributed by atoms with Gasteiger partial charge in [-0.3, -0.25) is 14.4 Å². The molecule has 8 heteroatoms. The highest BCUT2D eigenvalue weighted by atomic mass is 32.2. The molecule has 0 spiro atoms. The van der Waals surface area contributed by atoms with Crippen molar-refractivity contribution in [2.45, 2.75) is 30.7 Å². The number of thioether (sulfide) groups is 1. The van der Waals surface area contributed by atoms with Crippen molar-refractivity contribution in [2.75, 3.05) is 24.5 Å². The summed E-state index contributed by atoms with van der Waals surface area (Å²) in [6.45, 7) is 2.12. The third-order valence-electron chi connectivity index (χ3n) is 6.60. The smallest absolute Gasteiger partial charge is 0.265 e. The van der Waals surface area contributed by atoms with Gasteiger partial charge in [0.15, 0.2) is 0 Å². The van der Waals surface area contributed by atoms with Crippen molar-refractivity contribution in [1.82, 2.24) is 10.2 Å². The minimum atomic E-state index is -0.340. The molecule has 2 aliphatic heterocycles. The van der Waals surface area contributed by atoms with Crippen molar-refractivity contribution in [2.24, 2.45) is 0 Å². The molecule has 2 aliphatic rings. The molecule has 3 aromatic carbocycles. The van der Waals surface area contributed by atoms with Gasteiger partial charge in [-0.15, -0.1) is 0 Å². The summed E-state index contributed by atoms with van der Waals surface area (Å²) in [7, 11) is 0. The van der Waals surface area contributed by atoms with E-state index in [1.165, 1.54) is 23.9 Å². The lowest BCUT2D eigenvalue weighted by atomic mass is 10.1. The fourth-order valence-corrected chi connectivity index (χ4v) is 5.64. The molecule has 0 saturated carbocycles. The van der Waals surface area contributed by atoms with Crippen LogP contribution in [0.1, 0.15) is 40.7 Å². The summed E-state index contributed by atoms with van der Waals surface area (Å²) in [5, 5.41) is 2.93. The second kappa shape index (κ2) is 11.6. The Morgan fingerprint density at radius 2 is 1.82 bits per heavy atom. The Balaban J connectivity index is 1.36. The molecule has 3 amide bonds. The van der Waals surface area contributed by atoms with Gasteiger partial charge in [-0.25, -0.2) is 4.39 Å². The second-order valence-corrected chi connectivity index (χ2v) is 10.4. The Morgan fingerprint density at radius 1 is 1.03 bits per heavy atom. The van der Waals surface area contributed by atoms with Gasteiger partial charge in [0.05, 0.1) is 17.1 Å². The summed E-state index contributed by atoms with van der Waals surface area (Å²) in [6.07, 6.45) is 4.04. The third-order valence-corrected chi connectivity index (χ3v) is 7.68. The fourth-order valence-electron chi connectivity index (χ4n) is 4.60. The molecule has 0 atom stereocenters. The van der Waals surface area contributed by atoms with Crippen molar-refractivity contribution >= 4 is 41.2 Å². The Bertz CT molecular complexity index is 1380. The van der Waals surface area contributed by atoms with Crippen LogP contribution < -0.4 is 10.2 Å². The van der Waals surface area contributed by atoms with Crippen molar-refractivity contribution in [3.05, 3.63) is 100 Å². The molecule has 2 heterocycles. The van der Waals surface area contributed by atoms with Gasteiger partial charge in [-0.1, -0.05) is 54.2 Å². The van der Waals surface area contributed by atoms with Crippen molar-refractivity contribution in [1.29, 1.82) is 0 Å². The lowest BCUT2D eigenvalue weighted by Crippen LogP contribution is -2.34. The summed E-state index contributed by atoms with van der Waals surface area (Å²) in [4.78, 5) is 43.2. The van der Waals surface area contributed by atoms with Gasteiger partial charge in [0, 0.05) is 36.5 Å². The molecule has 3 aromatic rings. The minimum absolute atomic E-state index is 0.176. The number of amides is 3. The lowest BCUT2D eigenvalue weighted by molar-refractivity contribution is -0.127. The van der Waals surface area contributed by atoms with E-state index in [1.807, 2.05) is 47.4 Å². The predicted molar refractivity (Wildman–Crippen MR) is 147 cm³/mol. The molecule has 0 aliphatic carbocycles. The van der Waals surface area contributed by atoms with E-state index in [4.69, 9.17) is 0 Å². The maximum absolute atomic E-state index is 13.6. The van der Waals surface area contributed by atoms with E-state index in [0.29, 0.717) is 42.1 Å². The zero-order valence-corrected chi connectivity index (χ0v) is 21.7. The van der Waals surface area contributed by atoms with E-state index in [1.54, 1.807) is 29.2 Å². The van der Waals surface area contributed by atoms with E-state index < -0.39 is 0 Å². The SMILES string of the molecule is O=C(NCCCN1CCCC1=O)c1ccc2c(c1)N(Cc1ccc(F)cc1)C(=O)/C(=C/c1ccccc1)S2. The summed E-state index contributed by atoms with van der Waals surface area (Å²) < 4.78 is 13.5. The average Bonchev–Trinajstić information content (AvgIpc) is 3.34. The van der Waals surface area contributed by atoms with E-state index in [0.717, 1.165) is 29.0 Å². The largest absolute Gasteiger partial charge is 0.352 e. The first-order chi connectivity index (χ1) is 18.5. The Morgan fingerprint density at radius 3 is 2.55 bits per heavy atom. The lowest BCUT2D eigenvalue weighted by Gasteiger charge is -2.31. The Kier molecular flexibility index (Phi) is 7.89.